The van der Waals surface area contributed by atoms with E-state index in [4.69, 9.17) is 0 Å². The molecule has 0 bridgehead atoms. The van der Waals surface area contributed by atoms with E-state index in [2.05, 4.69) is 5.32 Å². The van der Waals surface area contributed by atoms with Crippen molar-refractivity contribution >= 4 is 0 Å². The largest absolute Gasteiger partial charge is 0.319 e. The zero-order valence-corrected chi connectivity index (χ0v) is 11.3. The normalized spacial score (nSPS) is 27.8. The molecule has 18 heavy (non-hydrogen) atoms. The second-order valence-electron chi connectivity index (χ2n) is 6.17. The van der Waals surface area contributed by atoms with Crippen molar-refractivity contribution in [1.29, 1.82) is 0 Å². The van der Waals surface area contributed by atoms with Crippen LogP contribution in [0.3, 0.4) is 0 Å². The summed E-state index contributed by atoms with van der Waals surface area (Å²) in [5.41, 5.74) is -0.0848. The molecule has 0 spiro atoms. The first-order valence-electron chi connectivity index (χ1n) is 6.17. The number of hydrogen-bond acceptors (Lipinski definition) is 2. The molecule has 108 valence electrons. The van der Waals surface area contributed by atoms with Gasteiger partial charge in [0.1, 0.15) is 0 Å². The van der Waals surface area contributed by atoms with Crippen LogP contribution in [0, 0.1) is 5.41 Å². The minimum Gasteiger partial charge on any atom is -0.311 e. The summed E-state index contributed by atoms with van der Waals surface area (Å²) in [7, 11) is 0. The van der Waals surface area contributed by atoms with Crippen LogP contribution in [0.15, 0.2) is 0 Å². The van der Waals surface area contributed by atoms with Crippen molar-refractivity contribution < 1.29 is 17.6 Å². The van der Waals surface area contributed by atoms with E-state index in [9.17, 15) is 17.6 Å². The van der Waals surface area contributed by atoms with Gasteiger partial charge in [0.05, 0.1) is 6.54 Å². The number of nitrogens with zero attached hydrogens (tertiary/aromatic N) is 1. The van der Waals surface area contributed by atoms with E-state index < -0.39 is 18.9 Å². The Morgan fingerprint density at radius 2 is 1.83 bits per heavy atom. The molecule has 0 amide bonds. The highest BCUT2D eigenvalue weighted by Crippen LogP contribution is 2.28. The molecule has 2 nitrogen and oxygen atoms in total. The Balaban J connectivity index is 2.69. The van der Waals surface area contributed by atoms with E-state index in [0.717, 1.165) is 0 Å². The van der Waals surface area contributed by atoms with E-state index in [0.29, 0.717) is 13.1 Å². The number of hydrogen-bond donors (Lipinski definition) is 1. The summed E-state index contributed by atoms with van der Waals surface area (Å²) in [5.74, 6) is -3.94. The number of piperazine rings is 1. The van der Waals surface area contributed by atoms with Crippen molar-refractivity contribution in [2.75, 3.05) is 19.6 Å². The Morgan fingerprint density at radius 3 is 2.28 bits per heavy atom. The smallest absolute Gasteiger partial charge is 0.311 e. The first-order chi connectivity index (χ1) is 8.04. The topological polar surface area (TPSA) is 15.3 Å². The summed E-state index contributed by atoms with van der Waals surface area (Å²) in [6, 6.07) is -0.129. The maximum Gasteiger partial charge on any atom is 0.319 e. The fourth-order valence-electron chi connectivity index (χ4n) is 2.06. The molecular weight excluding hydrogens is 248 g/mol. The number of halogens is 4. The fourth-order valence-corrected chi connectivity index (χ4v) is 2.06. The zero-order valence-electron chi connectivity index (χ0n) is 11.3. The molecule has 0 aromatic heterocycles. The monoisotopic (exact) mass is 270 g/mol. The first-order valence-corrected chi connectivity index (χ1v) is 6.17. The van der Waals surface area contributed by atoms with Gasteiger partial charge in [-0.2, -0.15) is 8.78 Å². The van der Waals surface area contributed by atoms with Crippen molar-refractivity contribution in [1.82, 2.24) is 10.2 Å². The number of alkyl halides is 4. The Labute approximate surface area is 106 Å². The van der Waals surface area contributed by atoms with Crippen molar-refractivity contribution in [3.8, 4) is 0 Å². The van der Waals surface area contributed by atoms with Crippen LogP contribution in [0.1, 0.15) is 27.7 Å². The molecule has 1 fully saturated rings. The molecule has 0 aromatic carbocycles. The molecule has 2 atom stereocenters. The van der Waals surface area contributed by atoms with Crippen LogP contribution in [-0.4, -0.2) is 49.0 Å². The SMILES string of the molecule is CC1CNC(C(C)(C)C)CN1CC(F)(F)C(F)F. The molecule has 1 aliphatic heterocycles. The average molecular weight is 270 g/mol. The van der Waals surface area contributed by atoms with Crippen LogP contribution in [0.2, 0.25) is 0 Å². The molecule has 1 rings (SSSR count). The highest BCUT2D eigenvalue weighted by atomic mass is 19.3. The molecular formula is C12H22F4N2. The number of nitrogens with one attached hydrogen (secondary N) is 1. The lowest BCUT2D eigenvalue weighted by Crippen LogP contribution is -2.61. The van der Waals surface area contributed by atoms with E-state index in [1.807, 2.05) is 20.8 Å². The van der Waals surface area contributed by atoms with Gasteiger partial charge in [-0.05, 0) is 12.3 Å². The summed E-state index contributed by atoms with van der Waals surface area (Å²) < 4.78 is 50.7. The predicted octanol–water partition coefficient (Wildman–Crippen LogP) is 2.60. The van der Waals surface area contributed by atoms with Crippen LogP contribution in [0.25, 0.3) is 0 Å². The van der Waals surface area contributed by atoms with E-state index in [1.165, 1.54) is 4.90 Å². The molecule has 0 saturated carbocycles. The van der Waals surface area contributed by atoms with E-state index >= 15 is 0 Å². The van der Waals surface area contributed by atoms with Gasteiger partial charge < -0.3 is 5.32 Å². The van der Waals surface area contributed by atoms with Gasteiger partial charge >= 0.3 is 12.3 Å². The minimum absolute atomic E-state index is 0.0298. The van der Waals surface area contributed by atoms with Crippen LogP contribution < -0.4 is 5.32 Å². The van der Waals surface area contributed by atoms with Gasteiger partial charge in [0, 0.05) is 25.2 Å². The second kappa shape index (κ2) is 5.33. The first kappa shape index (κ1) is 15.7. The van der Waals surface area contributed by atoms with Crippen LogP contribution in [-0.2, 0) is 0 Å². The van der Waals surface area contributed by atoms with Gasteiger partial charge in [-0.3, -0.25) is 4.90 Å². The van der Waals surface area contributed by atoms with Crippen LogP contribution >= 0.6 is 0 Å². The van der Waals surface area contributed by atoms with Gasteiger partial charge in [0.15, 0.2) is 0 Å². The molecule has 0 radical (unpaired) electrons. The molecule has 1 saturated heterocycles. The third-order valence-corrected chi connectivity index (χ3v) is 3.48. The zero-order chi connectivity index (χ0) is 14.1. The molecule has 1 aliphatic rings. The van der Waals surface area contributed by atoms with Gasteiger partial charge in [-0.25, -0.2) is 8.78 Å². The molecule has 1 N–H and O–H groups in total. The maximum absolute atomic E-state index is 13.1. The summed E-state index contributed by atoms with van der Waals surface area (Å²) in [6.45, 7) is 7.82. The summed E-state index contributed by atoms with van der Waals surface area (Å²) in [5, 5.41) is 3.28. The van der Waals surface area contributed by atoms with Crippen LogP contribution in [0.4, 0.5) is 17.6 Å². The molecule has 0 aromatic rings. The van der Waals surface area contributed by atoms with Gasteiger partial charge in [0.2, 0.25) is 0 Å². The summed E-state index contributed by atoms with van der Waals surface area (Å²) in [6.07, 6.45) is -3.60. The van der Waals surface area contributed by atoms with Gasteiger partial charge in [0.25, 0.3) is 0 Å². The minimum atomic E-state index is -3.94. The summed E-state index contributed by atoms with van der Waals surface area (Å²) in [4.78, 5) is 1.46. The van der Waals surface area contributed by atoms with Crippen LogP contribution in [0.5, 0.6) is 0 Å². The van der Waals surface area contributed by atoms with Crippen molar-refractivity contribution in [3.63, 3.8) is 0 Å². The highest BCUT2D eigenvalue weighted by Gasteiger charge is 2.44. The average Bonchev–Trinajstić information content (AvgIpc) is 2.19. The lowest BCUT2D eigenvalue weighted by atomic mass is 9.84. The Hall–Kier alpha value is -0.360. The Kier molecular flexibility index (Phi) is 4.65. The standard InChI is InChI=1S/C12H22F4N2/c1-8-5-17-9(11(2,3)4)6-18(8)7-12(15,16)10(13)14/h8-10,17H,5-7H2,1-4H3. The van der Waals surface area contributed by atoms with Gasteiger partial charge in [-0.15, -0.1) is 0 Å². The summed E-state index contributed by atoms with van der Waals surface area (Å²) >= 11 is 0. The molecule has 0 aliphatic carbocycles. The van der Waals surface area contributed by atoms with Gasteiger partial charge in [-0.1, -0.05) is 20.8 Å². The predicted molar refractivity (Wildman–Crippen MR) is 63.2 cm³/mol. The Bertz CT molecular complexity index is 276. The molecule has 1 heterocycles. The van der Waals surface area contributed by atoms with Crippen molar-refractivity contribution in [2.24, 2.45) is 5.41 Å². The Morgan fingerprint density at radius 1 is 1.28 bits per heavy atom. The van der Waals surface area contributed by atoms with E-state index in [1.54, 1.807) is 6.92 Å². The third kappa shape index (κ3) is 3.82. The van der Waals surface area contributed by atoms with E-state index in [-0.39, 0.29) is 17.5 Å². The highest BCUT2D eigenvalue weighted by molar-refractivity contribution is 4.92. The van der Waals surface area contributed by atoms with Crippen molar-refractivity contribution in [2.45, 2.75) is 52.1 Å². The lowest BCUT2D eigenvalue weighted by Gasteiger charge is -2.44. The number of rotatable bonds is 3. The maximum atomic E-state index is 13.1. The third-order valence-electron chi connectivity index (χ3n) is 3.48. The lowest BCUT2D eigenvalue weighted by molar-refractivity contribution is -0.149. The fraction of sp³-hybridized carbons (Fsp3) is 1.00. The molecule has 6 heteroatoms. The second-order valence-corrected chi connectivity index (χ2v) is 6.17. The quantitative estimate of drug-likeness (QED) is 0.793. The van der Waals surface area contributed by atoms with Crippen molar-refractivity contribution in [3.05, 3.63) is 0 Å². The molecule has 2 unspecified atom stereocenters.